The SMILES string of the molecule is O=C(O)[C@@H]1CCN(C(=O)[C@H]2CC(=O)N(Cc3ccccn3)C2)C1. The third kappa shape index (κ3) is 3.33. The van der Waals surface area contributed by atoms with Crippen LogP contribution in [0.2, 0.25) is 0 Å². The molecule has 0 saturated carbocycles. The monoisotopic (exact) mass is 317 g/mol. The molecular formula is C16H19N3O4. The van der Waals surface area contributed by atoms with Gasteiger partial charge in [0.25, 0.3) is 0 Å². The van der Waals surface area contributed by atoms with E-state index >= 15 is 0 Å². The average molecular weight is 317 g/mol. The van der Waals surface area contributed by atoms with Crippen molar-refractivity contribution in [1.29, 1.82) is 0 Å². The number of carbonyl (C=O) groups is 3. The maximum Gasteiger partial charge on any atom is 0.308 e. The number of aliphatic carboxylic acids is 1. The normalized spacial score (nSPS) is 24.3. The molecular weight excluding hydrogens is 298 g/mol. The molecule has 7 heteroatoms. The van der Waals surface area contributed by atoms with Crippen LogP contribution in [-0.2, 0) is 20.9 Å². The second-order valence-electron chi connectivity index (χ2n) is 6.10. The lowest BCUT2D eigenvalue weighted by Crippen LogP contribution is -2.36. The fourth-order valence-corrected chi connectivity index (χ4v) is 3.20. The molecule has 2 atom stereocenters. The Morgan fingerprint density at radius 3 is 2.74 bits per heavy atom. The number of hydrogen-bond donors (Lipinski definition) is 1. The van der Waals surface area contributed by atoms with Gasteiger partial charge in [-0.15, -0.1) is 0 Å². The maximum absolute atomic E-state index is 12.5. The molecule has 0 radical (unpaired) electrons. The van der Waals surface area contributed by atoms with E-state index in [0.717, 1.165) is 5.69 Å². The lowest BCUT2D eigenvalue weighted by atomic mass is 10.1. The van der Waals surface area contributed by atoms with Crippen LogP contribution in [0, 0.1) is 11.8 Å². The highest BCUT2D eigenvalue weighted by Crippen LogP contribution is 2.25. The highest BCUT2D eigenvalue weighted by Gasteiger charge is 2.39. The van der Waals surface area contributed by atoms with E-state index in [1.165, 1.54) is 0 Å². The van der Waals surface area contributed by atoms with Crippen molar-refractivity contribution in [3.05, 3.63) is 30.1 Å². The highest BCUT2D eigenvalue weighted by molar-refractivity contribution is 5.89. The number of carboxylic acids is 1. The van der Waals surface area contributed by atoms with Crippen LogP contribution in [-0.4, -0.2) is 57.3 Å². The largest absolute Gasteiger partial charge is 0.481 e. The van der Waals surface area contributed by atoms with Crippen LogP contribution >= 0.6 is 0 Å². The molecule has 23 heavy (non-hydrogen) atoms. The Labute approximate surface area is 133 Å². The molecule has 0 bridgehead atoms. The lowest BCUT2D eigenvalue weighted by Gasteiger charge is -2.20. The van der Waals surface area contributed by atoms with Gasteiger partial charge in [0.2, 0.25) is 11.8 Å². The van der Waals surface area contributed by atoms with Crippen molar-refractivity contribution in [3.63, 3.8) is 0 Å². The topological polar surface area (TPSA) is 90.8 Å². The van der Waals surface area contributed by atoms with Crippen molar-refractivity contribution in [2.45, 2.75) is 19.4 Å². The number of aromatic nitrogens is 1. The van der Waals surface area contributed by atoms with E-state index < -0.39 is 11.9 Å². The summed E-state index contributed by atoms with van der Waals surface area (Å²) < 4.78 is 0. The van der Waals surface area contributed by atoms with Gasteiger partial charge in [-0.05, 0) is 18.6 Å². The predicted molar refractivity (Wildman–Crippen MR) is 80.1 cm³/mol. The van der Waals surface area contributed by atoms with E-state index in [4.69, 9.17) is 5.11 Å². The number of rotatable bonds is 4. The predicted octanol–water partition coefficient (Wildman–Crippen LogP) is 0.363. The zero-order chi connectivity index (χ0) is 16.4. The Kier molecular flexibility index (Phi) is 4.27. The van der Waals surface area contributed by atoms with E-state index in [0.29, 0.717) is 26.1 Å². The molecule has 0 unspecified atom stereocenters. The van der Waals surface area contributed by atoms with Gasteiger partial charge in [-0.25, -0.2) is 0 Å². The molecule has 2 amide bonds. The molecule has 0 aromatic carbocycles. The van der Waals surface area contributed by atoms with Crippen molar-refractivity contribution in [3.8, 4) is 0 Å². The Morgan fingerprint density at radius 2 is 2.09 bits per heavy atom. The number of nitrogens with zero attached hydrogens (tertiary/aromatic N) is 3. The molecule has 3 rings (SSSR count). The summed E-state index contributed by atoms with van der Waals surface area (Å²) in [6.07, 6.45) is 2.36. The van der Waals surface area contributed by atoms with Crippen LogP contribution in [0.3, 0.4) is 0 Å². The lowest BCUT2D eigenvalue weighted by molar-refractivity contribution is -0.141. The fraction of sp³-hybridized carbons (Fsp3) is 0.500. The summed E-state index contributed by atoms with van der Waals surface area (Å²) >= 11 is 0. The van der Waals surface area contributed by atoms with Gasteiger partial charge in [-0.3, -0.25) is 19.4 Å². The molecule has 2 aliphatic rings. The highest BCUT2D eigenvalue weighted by atomic mass is 16.4. The molecule has 0 aliphatic carbocycles. The summed E-state index contributed by atoms with van der Waals surface area (Å²) in [6.45, 7) is 1.49. The Bertz CT molecular complexity index is 619. The van der Waals surface area contributed by atoms with Gasteiger partial charge in [-0.2, -0.15) is 0 Å². The van der Waals surface area contributed by atoms with Gasteiger partial charge >= 0.3 is 5.97 Å². The van der Waals surface area contributed by atoms with E-state index in [1.807, 2.05) is 18.2 Å². The summed E-state index contributed by atoms with van der Waals surface area (Å²) in [4.78, 5) is 43.0. The average Bonchev–Trinajstić information content (AvgIpc) is 3.16. The third-order valence-electron chi connectivity index (χ3n) is 4.49. The van der Waals surface area contributed by atoms with Crippen molar-refractivity contribution in [1.82, 2.24) is 14.8 Å². The Balaban J connectivity index is 1.59. The molecule has 2 aliphatic heterocycles. The van der Waals surface area contributed by atoms with Crippen LogP contribution in [0.1, 0.15) is 18.5 Å². The molecule has 1 N–H and O–H groups in total. The number of carbonyl (C=O) groups excluding carboxylic acids is 2. The molecule has 3 heterocycles. The van der Waals surface area contributed by atoms with Gasteiger partial charge in [0.15, 0.2) is 0 Å². The van der Waals surface area contributed by atoms with Crippen molar-refractivity contribution in [2.75, 3.05) is 19.6 Å². The number of hydrogen-bond acceptors (Lipinski definition) is 4. The maximum atomic E-state index is 12.5. The Hall–Kier alpha value is -2.44. The molecule has 0 spiro atoms. The second-order valence-corrected chi connectivity index (χ2v) is 6.10. The fourth-order valence-electron chi connectivity index (χ4n) is 3.20. The standard InChI is InChI=1S/C16H19N3O4/c20-14-7-12(9-19(14)10-13-3-1-2-5-17-13)15(21)18-6-4-11(8-18)16(22)23/h1-3,5,11-12H,4,6-10H2,(H,22,23)/t11-,12+/m1/s1. The Morgan fingerprint density at radius 1 is 1.26 bits per heavy atom. The van der Waals surface area contributed by atoms with Crippen LogP contribution in [0.25, 0.3) is 0 Å². The molecule has 122 valence electrons. The van der Waals surface area contributed by atoms with Crippen molar-refractivity contribution < 1.29 is 19.5 Å². The number of pyridine rings is 1. The van der Waals surface area contributed by atoms with E-state index in [-0.39, 0.29) is 30.7 Å². The molecule has 2 saturated heterocycles. The first-order valence-corrected chi connectivity index (χ1v) is 7.74. The minimum atomic E-state index is -0.862. The number of carboxylic acid groups (broad SMARTS) is 1. The summed E-state index contributed by atoms with van der Waals surface area (Å²) in [5.74, 6) is -1.88. The molecule has 7 nitrogen and oxygen atoms in total. The summed E-state index contributed by atoms with van der Waals surface area (Å²) in [7, 11) is 0. The van der Waals surface area contributed by atoms with Gasteiger partial charge in [0.05, 0.1) is 24.1 Å². The second kappa shape index (κ2) is 6.36. The molecule has 2 fully saturated rings. The van der Waals surface area contributed by atoms with Crippen molar-refractivity contribution >= 4 is 17.8 Å². The van der Waals surface area contributed by atoms with Crippen LogP contribution in [0.5, 0.6) is 0 Å². The minimum Gasteiger partial charge on any atom is -0.481 e. The first kappa shape index (κ1) is 15.5. The summed E-state index contributed by atoms with van der Waals surface area (Å²) in [5.41, 5.74) is 0.793. The summed E-state index contributed by atoms with van der Waals surface area (Å²) in [5, 5.41) is 9.02. The zero-order valence-corrected chi connectivity index (χ0v) is 12.7. The van der Waals surface area contributed by atoms with Gasteiger partial charge in [0, 0.05) is 32.3 Å². The van der Waals surface area contributed by atoms with Crippen molar-refractivity contribution in [2.24, 2.45) is 11.8 Å². The van der Waals surface area contributed by atoms with Gasteiger partial charge in [-0.1, -0.05) is 6.07 Å². The number of amides is 2. The third-order valence-corrected chi connectivity index (χ3v) is 4.49. The summed E-state index contributed by atoms with van der Waals surface area (Å²) in [6, 6.07) is 5.52. The van der Waals surface area contributed by atoms with Crippen LogP contribution < -0.4 is 0 Å². The van der Waals surface area contributed by atoms with Gasteiger partial charge in [0.1, 0.15) is 0 Å². The molecule has 1 aromatic heterocycles. The van der Waals surface area contributed by atoms with Gasteiger partial charge < -0.3 is 14.9 Å². The minimum absolute atomic E-state index is 0.0528. The number of likely N-dealkylation sites (tertiary alicyclic amines) is 2. The molecule has 1 aromatic rings. The first-order valence-electron chi connectivity index (χ1n) is 7.74. The van der Waals surface area contributed by atoms with E-state index in [2.05, 4.69) is 4.98 Å². The van der Waals surface area contributed by atoms with Crippen LogP contribution in [0.15, 0.2) is 24.4 Å². The van der Waals surface area contributed by atoms with E-state index in [9.17, 15) is 14.4 Å². The zero-order valence-electron chi connectivity index (χ0n) is 12.7. The van der Waals surface area contributed by atoms with Crippen LogP contribution in [0.4, 0.5) is 0 Å². The van der Waals surface area contributed by atoms with E-state index in [1.54, 1.807) is 16.0 Å². The quantitative estimate of drug-likeness (QED) is 0.866. The first-order chi connectivity index (χ1) is 11.0. The smallest absolute Gasteiger partial charge is 0.308 e.